The molecule has 0 unspecified atom stereocenters. The lowest BCUT2D eigenvalue weighted by molar-refractivity contribution is -0.878. The molecule has 1 aromatic heterocycles. The van der Waals surface area contributed by atoms with E-state index in [2.05, 4.69) is 10.6 Å². The fourth-order valence-corrected chi connectivity index (χ4v) is 5.36. The van der Waals surface area contributed by atoms with Crippen molar-refractivity contribution in [2.45, 2.75) is 38.5 Å². The molecule has 1 aliphatic carbocycles. The van der Waals surface area contributed by atoms with Crippen molar-refractivity contribution in [2.24, 2.45) is 0 Å². The van der Waals surface area contributed by atoms with Crippen LogP contribution in [0, 0.1) is 0 Å². The Hall–Kier alpha value is -2.18. The lowest BCUT2D eigenvalue weighted by atomic mass is 9.95. The number of aryl methyl sites for hydroxylation is 1. The van der Waals surface area contributed by atoms with E-state index in [1.165, 1.54) is 22.6 Å². The minimum absolute atomic E-state index is 0.0132. The largest absolute Gasteiger partial charge is 0.327 e. The van der Waals surface area contributed by atoms with Crippen molar-refractivity contribution in [3.63, 3.8) is 0 Å². The number of carbonyl (C=O) groups is 2. The van der Waals surface area contributed by atoms with E-state index in [0.29, 0.717) is 12.1 Å². The standard InChI is InChI=1S/C21H25N3O2S/c25-18(14-24-12-6-7-13-24)23-21-19(16-10-4-5-11-17(16)27-21)20(26)22-15-8-2-1-3-9-15/h1-3,8-9H,4-7,10-14H2,(H,22,26)(H,23,25)/p+1. The van der Waals surface area contributed by atoms with E-state index in [1.807, 2.05) is 30.3 Å². The first kappa shape index (κ1) is 18.2. The van der Waals surface area contributed by atoms with Gasteiger partial charge in [-0.3, -0.25) is 9.59 Å². The van der Waals surface area contributed by atoms with Crippen molar-refractivity contribution >= 4 is 33.8 Å². The third kappa shape index (κ3) is 4.22. The molecule has 0 bridgehead atoms. The van der Waals surface area contributed by atoms with Gasteiger partial charge in [-0.2, -0.15) is 0 Å². The van der Waals surface area contributed by atoms with Crippen LogP contribution in [-0.4, -0.2) is 31.4 Å². The lowest BCUT2D eigenvalue weighted by Crippen LogP contribution is -3.11. The normalized spacial score (nSPS) is 16.7. The highest BCUT2D eigenvalue weighted by atomic mass is 32.1. The number of carbonyl (C=O) groups excluding carboxylic acids is 2. The minimum atomic E-state index is -0.121. The summed E-state index contributed by atoms with van der Waals surface area (Å²) < 4.78 is 0. The molecule has 0 atom stereocenters. The second-order valence-corrected chi connectivity index (χ2v) is 8.52. The quantitative estimate of drug-likeness (QED) is 0.742. The summed E-state index contributed by atoms with van der Waals surface area (Å²) in [5, 5.41) is 6.77. The average Bonchev–Trinajstić information content (AvgIpc) is 3.29. The molecular weight excluding hydrogens is 358 g/mol. The van der Waals surface area contributed by atoms with E-state index in [0.717, 1.165) is 55.0 Å². The zero-order valence-electron chi connectivity index (χ0n) is 15.5. The van der Waals surface area contributed by atoms with Crippen molar-refractivity contribution in [3.8, 4) is 0 Å². The summed E-state index contributed by atoms with van der Waals surface area (Å²) in [5.41, 5.74) is 2.57. The zero-order valence-corrected chi connectivity index (χ0v) is 16.3. The van der Waals surface area contributed by atoms with Gasteiger partial charge < -0.3 is 15.5 Å². The van der Waals surface area contributed by atoms with E-state index in [9.17, 15) is 9.59 Å². The van der Waals surface area contributed by atoms with Crippen LogP contribution < -0.4 is 15.5 Å². The topological polar surface area (TPSA) is 62.6 Å². The molecule has 2 aromatic rings. The molecule has 2 aliphatic rings. The number of likely N-dealkylation sites (tertiary alicyclic amines) is 1. The van der Waals surface area contributed by atoms with Crippen LogP contribution in [0.15, 0.2) is 30.3 Å². The molecule has 4 rings (SSSR count). The Morgan fingerprint density at radius 1 is 0.963 bits per heavy atom. The van der Waals surface area contributed by atoms with Gasteiger partial charge in [0.15, 0.2) is 6.54 Å². The van der Waals surface area contributed by atoms with Gasteiger partial charge in [-0.05, 0) is 43.4 Å². The summed E-state index contributed by atoms with van der Waals surface area (Å²) in [4.78, 5) is 28.2. The molecule has 0 saturated carbocycles. The predicted octanol–water partition coefficient (Wildman–Crippen LogP) is 2.50. The molecule has 3 N–H and O–H groups in total. The van der Waals surface area contributed by atoms with Gasteiger partial charge in [0.1, 0.15) is 5.00 Å². The van der Waals surface area contributed by atoms with Gasteiger partial charge in [0.05, 0.1) is 18.7 Å². The second kappa shape index (κ2) is 8.23. The maximum atomic E-state index is 13.0. The molecule has 27 heavy (non-hydrogen) atoms. The lowest BCUT2D eigenvalue weighted by Gasteiger charge is -2.14. The summed E-state index contributed by atoms with van der Waals surface area (Å²) in [6, 6.07) is 9.49. The fourth-order valence-electron chi connectivity index (χ4n) is 4.06. The van der Waals surface area contributed by atoms with E-state index >= 15 is 0 Å². The Labute approximate surface area is 163 Å². The van der Waals surface area contributed by atoms with Crippen LogP contribution in [0.25, 0.3) is 0 Å². The molecule has 1 aliphatic heterocycles. The summed E-state index contributed by atoms with van der Waals surface area (Å²) in [6.07, 6.45) is 6.55. The van der Waals surface area contributed by atoms with Crippen LogP contribution >= 0.6 is 11.3 Å². The van der Waals surface area contributed by atoms with Gasteiger partial charge in [-0.15, -0.1) is 11.3 Å². The fraction of sp³-hybridized carbons (Fsp3) is 0.429. The molecular formula is C21H26N3O2S+. The highest BCUT2D eigenvalue weighted by molar-refractivity contribution is 7.17. The molecule has 142 valence electrons. The van der Waals surface area contributed by atoms with E-state index in [4.69, 9.17) is 0 Å². The van der Waals surface area contributed by atoms with Gasteiger partial charge in [-0.1, -0.05) is 18.2 Å². The van der Waals surface area contributed by atoms with Crippen LogP contribution in [-0.2, 0) is 17.6 Å². The number of hydrogen-bond donors (Lipinski definition) is 3. The predicted molar refractivity (Wildman–Crippen MR) is 109 cm³/mol. The molecule has 5 nitrogen and oxygen atoms in total. The van der Waals surface area contributed by atoms with Crippen LogP contribution in [0.3, 0.4) is 0 Å². The third-order valence-corrected chi connectivity index (χ3v) is 6.61. The Bertz CT molecular complexity index is 825. The second-order valence-electron chi connectivity index (χ2n) is 7.42. The molecule has 1 aromatic carbocycles. The number of fused-ring (bicyclic) bond motifs is 1. The number of amides is 2. The number of para-hydroxylation sites is 1. The van der Waals surface area contributed by atoms with Crippen LogP contribution in [0.1, 0.15) is 46.5 Å². The maximum absolute atomic E-state index is 13.0. The van der Waals surface area contributed by atoms with Crippen molar-refractivity contribution in [1.29, 1.82) is 0 Å². The third-order valence-electron chi connectivity index (χ3n) is 5.40. The number of anilines is 2. The Morgan fingerprint density at radius 2 is 1.70 bits per heavy atom. The number of quaternary nitrogens is 1. The summed E-state index contributed by atoms with van der Waals surface area (Å²) in [5.74, 6) is -0.108. The number of nitrogens with one attached hydrogen (secondary N) is 3. The smallest absolute Gasteiger partial charge is 0.280 e. The molecule has 6 heteroatoms. The van der Waals surface area contributed by atoms with Gasteiger partial charge in [0.2, 0.25) is 0 Å². The summed E-state index contributed by atoms with van der Waals surface area (Å²) in [7, 11) is 0. The number of rotatable bonds is 5. The van der Waals surface area contributed by atoms with Crippen LogP contribution in [0.4, 0.5) is 10.7 Å². The maximum Gasteiger partial charge on any atom is 0.280 e. The van der Waals surface area contributed by atoms with E-state index in [1.54, 1.807) is 11.3 Å². The average molecular weight is 385 g/mol. The molecule has 0 spiro atoms. The Kier molecular flexibility index (Phi) is 5.55. The van der Waals surface area contributed by atoms with Crippen LogP contribution in [0.2, 0.25) is 0 Å². The summed E-state index contributed by atoms with van der Waals surface area (Å²) >= 11 is 1.59. The SMILES string of the molecule is O=C(C[NH+]1CCCC1)Nc1sc2c(c1C(=O)Nc1ccccc1)CCCC2. The number of hydrogen-bond acceptors (Lipinski definition) is 3. The van der Waals surface area contributed by atoms with Gasteiger partial charge in [0.25, 0.3) is 11.8 Å². The number of benzene rings is 1. The number of thiophene rings is 1. The van der Waals surface area contributed by atoms with Crippen molar-refractivity contribution in [1.82, 2.24) is 0 Å². The van der Waals surface area contributed by atoms with E-state index < -0.39 is 0 Å². The molecule has 1 saturated heterocycles. The minimum Gasteiger partial charge on any atom is -0.327 e. The van der Waals surface area contributed by atoms with E-state index in [-0.39, 0.29) is 11.8 Å². The molecule has 2 amide bonds. The van der Waals surface area contributed by atoms with Crippen LogP contribution in [0.5, 0.6) is 0 Å². The monoisotopic (exact) mass is 384 g/mol. The highest BCUT2D eigenvalue weighted by Gasteiger charge is 2.27. The van der Waals surface area contributed by atoms with Crippen molar-refractivity contribution in [2.75, 3.05) is 30.3 Å². The highest BCUT2D eigenvalue weighted by Crippen LogP contribution is 2.38. The Balaban J connectivity index is 1.56. The first-order chi connectivity index (χ1) is 13.2. The summed E-state index contributed by atoms with van der Waals surface area (Å²) in [6.45, 7) is 2.62. The van der Waals surface area contributed by atoms with Gasteiger partial charge in [-0.25, -0.2) is 0 Å². The first-order valence-electron chi connectivity index (χ1n) is 9.85. The first-order valence-corrected chi connectivity index (χ1v) is 10.7. The van der Waals surface area contributed by atoms with Crippen molar-refractivity contribution < 1.29 is 14.5 Å². The van der Waals surface area contributed by atoms with Gasteiger partial charge in [0, 0.05) is 23.4 Å². The van der Waals surface area contributed by atoms with Gasteiger partial charge >= 0.3 is 0 Å². The Morgan fingerprint density at radius 3 is 2.48 bits per heavy atom. The van der Waals surface area contributed by atoms with Crippen molar-refractivity contribution in [3.05, 3.63) is 46.3 Å². The molecule has 1 fully saturated rings. The molecule has 2 heterocycles. The zero-order chi connectivity index (χ0) is 18.6. The molecule has 0 radical (unpaired) electrons.